The van der Waals surface area contributed by atoms with Crippen LogP contribution >= 0.6 is 43.2 Å². The molecule has 0 bridgehead atoms. The SMILES string of the molecule is Brc1cc2c(cc1C(Br)c1cccs1)OCCO2. The van der Waals surface area contributed by atoms with E-state index in [9.17, 15) is 0 Å². The van der Waals surface area contributed by atoms with Crippen LogP contribution in [-0.4, -0.2) is 13.2 Å². The number of fused-ring (bicyclic) bond motifs is 1. The van der Waals surface area contributed by atoms with Gasteiger partial charge in [0, 0.05) is 9.35 Å². The third-order valence-corrected chi connectivity index (χ3v) is 5.64. The summed E-state index contributed by atoms with van der Waals surface area (Å²) in [7, 11) is 0. The topological polar surface area (TPSA) is 18.5 Å². The van der Waals surface area contributed by atoms with E-state index in [1.165, 1.54) is 4.88 Å². The molecule has 0 saturated carbocycles. The Hall–Kier alpha value is -0.520. The summed E-state index contributed by atoms with van der Waals surface area (Å²) in [4.78, 5) is 1.44. The zero-order valence-corrected chi connectivity index (χ0v) is 13.3. The van der Waals surface area contributed by atoms with Gasteiger partial charge in [-0.15, -0.1) is 11.3 Å². The van der Waals surface area contributed by atoms with Gasteiger partial charge in [0.25, 0.3) is 0 Å². The first-order valence-corrected chi connectivity index (χ1v) is 8.11. The monoisotopic (exact) mass is 388 g/mol. The van der Waals surface area contributed by atoms with Crippen molar-refractivity contribution >= 4 is 43.2 Å². The van der Waals surface area contributed by atoms with Gasteiger partial charge in [0.15, 0.2) is 11.5 Å². The van der Waals surface area contributed by atoms with Crippen molar-refractivity contribution in [2.75, 3.05) is 13.2 Å². The Balaban J connectivity index is 2.01. The second kappa shape index (κ2) is 5.23. The second-order valence-electron chi connectivity index (χ2n) is 3.90. The van der Waals surface area contributed by atoms with E-state index >= 15 is 0 Å². The highest BCUT2D eigenvalue weighted by Gasteiger charge is 2.20. The molecule has 0 saturated heterocycles. The average Bonchev–Trinajstić information content (AvgIpc) is 2.91. The average molecular weight is 390 g/mol. The third kappa shape index (κ3) is 2.31. The van der Waals surface area contributed by atoms with Crippen LogP contribution in [0.3, 0.4) is 0 Å². The smallest absolute Gasteiger partial charge is 0.162 e. The lowest BCUT2D eigenvalue weighted by atomic mass is 10.1. The van der Waals surface area contributed by atoms with Crippen molar-refractivity contribution in [2.24, 2.45) is 0 Å². The van der Waals surface area contributed by atoms with Gasteiger partial charge in [-0.3, -0.25) is 0 Å². The van der Waals surface area contributed by atoms with Crippen LogP contribution in [0.5, 0.6) is 11.5 Å². The number of alkyl halides is 1. The van der Waals surface area contributed by atoms with E-state index in [0.29, 0.717) is 13.2 Å². The predicted molar refractivity (Wildman–Crippen MR) is 80.2 cm³/mol. The number of rotatable bonds is 2. The summed E-state index contributed by atoms with van der Waals surface area (Å²) in [5.41, 5.74) is 1.15. The number of hydrogen-bond donors (Lipinski definition) is 0. The first-order valence-electron chi connectivity index (χ1n) is 5.52. The predicted octanol–water partition coefficient (Wildman–Crippen LogP) is 4.77. The molecule has 2 aromatic rings. The van der Waals surface area contributed by atoms with E-state index in [-0.39, 0.29) is 4.83 Å². The van der Waals surface area contributed by atoms with Crippen molar-refractivity contribution in [1.82, 2.24) is 0 Å². The van der Waals surface area contributed by atoms with E-state index in [0.717, 1.165) is 21.5 Å². The number of hydrogen-bond acceptors (Lipinski definition) is 3. The lowest BCUT2D eigenvalue weighted by Crippen LogP contribution is -2.15. The molecule has 0 fully saturated rings. The van der Waals surface area contributed by atoms with Gasteiger partial charge in [-0.1, -0.05) is 37.9 Å². The first-order chi connectivity index (χ1) is 8.75. The summed E-state index contributed by atoms with van der Waals surface area (Å²) in [5.74, 6) is 1.63. The minimum Gasteiger partial charge on any atom is -0.486 e. The molecule has 0 spiro atoms. The highest BCUT2D eigenvalue weighted by molar-refractivity contribution is 9.11. The van der Waals surface area contributed by atoms with Crippen LogP contribution in [0.1, 0.15) is 15.3 Å². The van der Waals surface area contributed by atoms with Gasteiger partial charge < -0.3 is 9.47 Å². The van der Waals surface area contributed by atoms with Gasteiger partial charge in [-0.25, -0.2) is 0 Å². The molecule has 1 unspecified atom stereocenters. The number of ether oxygens (including phenoxy) is 2. The summed E-state index contributed by atoms with van der Waals surface area (Å²) in [6, 6.07) is 8.19. The molecule has 1 aromatic heterocycles. The lowest BCUT2D eigenvalue weighted by molar-refractivity contribution is 0.171. The molecule has 5 heteroatoms. The van der Waals surface area contributed by atoms with Gasteiger partial charge in [0.2, 0.25) is 0 Å². The van der Waals surface area contributed by atoms with Crippen LogP contribution in [0.25, 0.3) is 0 Å². The fraction of sp³-hybridized carbons (Fsp3) is 0.231. The van der Waals surface area contributed by atoms with Gasteiger partial charge in [0.1, 0.15) is 13.2 Å². The quantitative estimate of drug-likeness (QED) is 0.689. The van der Waals surface area contributed by atoms with E-state index in [1.807, 2.05) is 12.1 Å². The molecular formula is C13H10Br2O2S. The van der Waals surface area contributed by atoms with E-state index in [1.54, 1.807) is 11.3 Å². The molecule has 94 valence electrons. The van der Waals surface area contributed by atoms with E-state index in [4.69, 9.17) is 9.47 Å². The van der Waals surface area contributed by atoms with Crippen molar-refractivity contribution in [3.05, 3.63) is 44.6 Å². The van der Waals surface area contributed by atoms with Crippen molar-refractivity contribution in [2.45, 2.75) is 4.83 Å². The second-order valence-corrected chi connectivity index (χ2v) is 6.64. The number of benzene rings is 1. The minimum atomic E-state index is 0.169. The fourth-order valence-corrected chi connectivity index (χ4v) is 4.29. The molecular weight excluding hydrogens is 380 g/mol. The van der Waals surface area contributed by atoms with E-state index in [2.05, 4.69) is 49.4 Å². The Bertz CT molecular complexity index is 554. The molecule has 1 aromatic carbocycles. The zero-order valence-electron chi connectivity index (χ0n) is 9.36. The molecule has 2 heterocycles. The maximum Gasteiger partial charge on any atom is 0.162 e. The Morgan fingerprint density at radius 2 is 1.89 bits per heavy atom. The highest BCUT2D eigenvalue weighted by atomic mass is 79.9. The first kappa shape index (κ1) is 12.5. The maximum absolute atomic E-state index is 5.62. The summed E-state index contributed by atoms with van der Waals surface area (Å²) in [6.45, 7) is 1.22. The molecule has 0 N–H and O–H groups in total. The van der Waals surface area contributed by atoms with Gasteiger partial charge in [-0.2, -0.15) is 0 Å². The Morgan fingerprint density at radius 1 is 1.17 bits per heavy atom. The van der Waals surface area contributed by atoms with Crippen molar-refractivity contribution < 1.29 is 9.47 Å². The van der Waals surface area contributed by atoms with E-state index < -0.39 is 0 Å². The highest BCUT2D eigenvalue weighted by Crippen LogP contribution is 2.43. The molecule has 1 aliphatic rings. The molecule has 0 radical (unpaired) electrons. The fourth-order valence-electron chi connectivity index (χ4n) is 1.86. The Morgan fingerprint density at radius 3 is 2.56 bits per heavy atom. The molecule has 0 amide bonds. The van der Waals surface area contributed by atoms with Crippen LogP contribution < -0.4 is 9.47 Å². The van der Waals surface area contributed by atoms with Gasteiger partial charge >= 0.3 is 0 Å². The van der Waals surface area contributed by atoms with Crippen LogP contribution in [0.4, 0.5) is 0 Å². The standard InChI is InChI=1S/C13H10Br2O2S/c14-9-7-11-10(16-3-4-17-11)6-8(9)13(15)12-2-1-5-18-12/h1-2,5-7,13H,3-4H2. The Kier molecular flexibility index (Phi) is 3.63. The molecule has 1 aliphatic heterocycles. The molecule has 0 aliphatic carbocycles. The molecule has 18 heavy (non-hydrogen) atoms. The minimum absolute atomic E-state index is 0.169. The van der Waals surface area contributed by atoms with Gasteiger partial charge in [0.05, 0.1) is 4.83 Å². The van der Waals surface area contributed by atoms with Crippen LogP contribution in [-0.2, 0) is 0 Å². The Labute approximate surface area is 126 Å². The van der Waals surface area contributed by atoms with Gasteiger partial charge in [-0.05, 0) is 29.1 Å². The van der Waals surface area contributed by atoms with Crippen molar-refractivity contribution in [3.63, 3.8) is 0 Å². The largest absolute Gasteiger partial charge is 0.486 e. The lowest BCUT2D eigenvalue weighted by Gasteiger charge is -2.21. The van der Waals surface area contributed by atoms with Crippen LogP contribution in [0.15, 0.2) is 34.1 Å². The third-order valence-electron chi connectivity index (χ3n) is 2.73. The van der Waals surface area contributed by atoms with Crippen molar-refractivity contribution in [1.29, 1.82) is 0 Å². The molecule has 1 atom stereocenters. The normalized spacial score (nSPS) is 15.4. The zero-order chi connectivity index (χ0) is 12.5. The molecule has 2 nitrogen and oxygen atoms in total. The maximum atomic E-state index is 5.62. The number of halogens is 2. The summed E-state index contributed by atoms with van der Waals surface area (Å²) in [5, 5.41) is 2.08. The number of thiophene rings is 1. The van der Waals surface area contributed by atoms with Crippen LogP contribution in [0.2, 0.25) is 0 Å². The summed E-state index contributed by atoms with van der Waals surface area (Å²) in [6.07, 6.45) is 0. The molecule has 3 rings (SSSR count). The summed E-state index contributed by atoms with van der Waals surface area (Å²) >= 11 is 9.07. The van der Waals surface area contributed by atoms with Crippen molar-refractivity contribution in [3.8, 4) is 11.5 Å². The van der Waals surface area contributed by atoms with Crippen LogP contribution in [0, 0.1) is 0 Å². The summed E-state index contributed by atoms with van der Waals surface area (Å²) < 4.78 is 12.2.